The van der Waals surface area contributed by atoms with E-state index >= 15 is 0 Å². The average Bonchev–Trinajstić information content (AvgIpc) is 3.94. The van der Waals surface area contributed by atoms with E-state index in [0.29, 0.717) is 60.2 Å². The van der Waals surface area contributed by atoms with Crippen molar-refractivity contribution in [3.05, 3.63) is 119 Å². The zero-order chi connectivity index (χ0) is 43.9. The molecule has 8 rings (SSSR count). The minimum atomic E-state index is -0.262. The highest BCUT2D eigenvalue weighted by molar-refractivity contribution is 5.65. The smallest absolute Gasteiger partial charge is 0.321 e. The van der Waals surface area contributed by atoms with Crippen LogP contribution in [0.25, 0.3) is 22.8 Å². The number of aromatic nitrogens is 10. The number of hydrogen-bond donors (Lipinski definition) is 6. The Balaban J connectivity index is 0.819. The zero-order valence-corrected chi connectivity index (χ0v) is 34.7. The number of nitrogens with two attached hydrogens (primary N) is 2. The Bertz CT molecular complexity index is 2850. The lowest BCUT2D eigenvalue weighted by atomic mass is 10.0. The van der Waals surface area contributed by atoms with E-state index < -0.39 is 0 Å². The molecule has 320 valence electrons. The normalized spacial score (nSPS) is 11.0. The van der Waals surface area contributed by atoms with Gasteiger partial charge in [-0.2, -0.15) is 29.9 Å². The van der Waals surface area contributed by atoms with Gasteiger partial charge in [-0.05, 0) is 130 Å². The monoisotopic (exact) mass is 850 g/mol. The van der Waals surface area contributed by atoms with Crippen LogP contribution in [0.3, 0.4) is 0 Å². The van der Waals surface area contributed by atoms with Crippen molar-refractivity contribution in [3.8, 4) is 58.1 Å². The molecule has 0 unspecified atom stereocenters. The largest absolute Gasteiger partial charge is 0.464 e. The number of aromatic amines is 2. The topological polar surface area (TPSA) is 248 Å². The Morgan fingerprint density at radius 2 is 1.14 bits per heavy atom. The Morgan fingerprint density at radius 3 is 1.70 bits per heavy atom. The SMILES string of the molecule is CCOc1nc(N)cc(Oc2ccc(-c3nc(Nc4cccc(CCCOc5nc(N)cc(Oc6ccc(-c7nc(Nc8ccc(F)c(C)c8C)n[nH]7)cc6)n5)c4C)n[nH]3)cc2)n1. The van der Waals surface area contributed by atoms with Crippen LogP contribution < -0.4 is 41.0 Å². The lowest BCUT2D eigenvalue weighted by molar-refractivity contribution is 0.283. The maximum Gasteiger partial charge on any atom is 0.321 e. The highest BCUT2D eigenvalue weighted by Gasteiger charge is 2.14. The minimum absolute atomic E-state index is 0.108. The van der Waals surface area contributed by atoms with Crippen LogP contribution in [0.5, 0.6) is 35.3 Å². The van der Waals surface area contributed by atoms with E-state index in [0.717, 1.165) is 45.6 Å². The number of rotatable bonds is 17. The fraction of sp³-hybridized carbons (Fsp3) is 0.182. The van der Waals surface area contributed by atoms with Gasteiger partial charge < -0.3 is 41.0 Å². The molecular weight excluding hydrogens is 808 g/mol. The molecule has 0 aliphatic heterocycles. The molecule has 4 aromatic heterocycles. The van der Waals surface area contributed by atoms with Gasteiger partial charge in [-0.1, -0.05) is 12.1 Å². The van der Waals surface area contributed by atoms with E-state index in [-0.39, 0.29) is 41.2 Å². The second kappa shape index (κ2) is 18.5. The number of hydrogen-bond acceptors (Lipinski definition) is 16. The van der Waals surface area contributed by atoms with Gasteiger partial charge in [0.1, 0.15) is 29.0 Å². The third-order valence-electron chi connectivity index (χ3n) is 9.83. The summed E-state index contributed by atoms with van der Waals surface area (Å²) in [5.74, 6) is 3.68. The van der Waals surface area contributed by atoms with E-state index in [1.165, 1.54) is 18.2 Å². The number of nitrogens with one attached hydrogen (secondary N) is 4. The first-order valence-electron chi connectivity index (χ1n) is 19.9. The third kappa shape index (κ3) is 10.2. The number of ether oxygens (including phenoxy) is 4. The Kier molecular flexibility index (Phi) is 12.2. The van der Waals surface area contributed by atoms with Gasteiger partial charge in [-0.25, -0.2) is 4.39 Å². The van der Waals surface area contributed by atoms with Gasteiger partial charge in [0.2, 0.25) is 23.7 Å². The lowest BCUT2D eigenvalue weighted by Gasteiger charge is -2.12. The number of benzene rings is 4. The summed E-state index contributed by atoms with van der Waals surface area (Å²) >= 11 is 0. The molecule has 63 heavy (non-hydrogen) atoms. The predicted octanol–water partition coefficient (Wildman–Crippen LogP) is 8.55. The molecule has 0 amide bonds. The minimum Gasteiger partial charge on any atom is -0.464 e. The maximum absolute atomic E-state index is 13.9. The molecule has 0 spiro atoms. The zero-order valence-electron chi connectivity index (χ0n) is 34.7. The van der Waals surface area contributed by atoms with Crippen LogP contribution in [0.4, 0.5) is 39.3 Å². The van der Waals surface area contributed by atoms with Gasteiger partial charge in [0.15, 0.2) is 11.6 Å². The van der Waals surface area contributed by atoms with Crippen LogP contribution in [0.15, 0.2) is 91.0 Å². The van der Waals surface area contributed by atoms with Crippen molar-refractivity contribution in [1.29, 1.82) is 0 Å². The predicted molar refractivity (Wildman–Crippen MR) is 235 cm³/mol. The quantitative estimate of drug-likeness (QED) is 0.0470. The molecule has 0 saturated carbocycles. The van der Waals surface area contributed by atoms with E-state index in [1.807, 2.05) is 57.2 Å². The van der Waals surface area contributed by atoms with Crippen molar-refractivity contribution in [2.75, 3.05) is 35.3 Å². The van der Waals surface area contributed by atoms with E-state index in [2.05, 4.69) is 67.0 Å². The van der Waals surface area contributed by atoms with Crippen molar-refractivity contribution in [3.63, 3.8) is 0 Å². The summed E-state index contributed by atoms with van der Waals surface area (Å²) in [6.45, 7) is 8.20. The summed E-state index contributed by atoms with van der Waals surface area (Å²) in [6, 6.07) is 26.9. The molecule has 4 aromatic carbocycles. The summed E-state index contributed by atoms with van der Waals surface area (Å²) < 4.78 is 37.0. The fourth-order valence-electron chi connectivity index (χ4n) is 6.38. The van der Waals surface area contributed by atoms with Crippen molar-refractivity contribution < 1.29 is 23.3 Å². The lowest BCUT2D eigenvalue weighted by Crippen LogP contribution is -2.06. The van der Waals surface area contributed by atoms with Crippen molar-refractivity contribution in [2.45, 2.75) is 40.5 Å². The molecule has 18 nitrogen and oxygen atoms in total. The summed E-state index contributed by atoms with van der Waals surface area (Å²) in [5.41, 5.74) is 18.7. The standard InChI is InChI=1S/C44H43FN14O4/c1-5-60-43-50-35(46)22-37(52-43)62-30-15-11-28(12-16-30)39-54-41(58-56-39)48-33-10-6-8-27(26(33)4)9-7-21-61-44-51-36(47)23-38(53-44)63-31-17-13-29(14-18-31)40-55-42(59-57-40)49-34-20-19-32(45)24(2)25(34)3/h6,8,10-20,22-23H,5,7,9,21H2,1-4H3,(H2,46,50,52)(H2,47,51,53)(H2,48,54,56,58)(H2,49,55,57,59). The highest BCUT2D eigenvalue weighted by Crippen LogP contribution is 2.30. The molecule has 0 aliphatic rings. The molecule has 0 atom stereocenters. The molecule has 19 heteroatoms. The number of H-pyrrole nitrogens is 2. The van der Waals surface area contributed by atoms with Crippen molar-refractivity contribution in [1.82, 2.24) is 50.3 Å². The second-order valence-corrected chi connectivity index (χ2v) is 14.2. The summed E-state index contributed by atoms with van der Waals surface area (Å²) in [6.07, 6.45) is 1.42. The third-order valence-corrected chi connectivity index (χ3v) is 9.83. The molecule has 0 saturated heterocycles. The van der Waals surface area contributed by atoms with Gasteiger partial charge in [0.05, 0.1) is 13.2 Å². The molecule has 8 N–H and O–H groups in total. The van der Waals surface area contributed by atoms with Gasteiger partial charge in [-0.15, -0.1) is 10.2 Å². The number of nitrogen functional groups attached to an aromatic ring is 2. The Morgan fingerprint density at radius 1 is 0.603 bits per heavy atom. The van der Waals surface area contributed by atoms with Crippen LogP contribution in [0.2, 0.25) is 0 Å². The number of aryl methyl sites for hydroxylation is 1. The average molecular weight is 851 g/mol. The summed E-state index contributed by atoms with van der Waals surface area (Å²) in [5, 5.41) is 21.0. The first-order valence-corrected chi connectivity index (χ1v) is 19.9. The number of halogens is 1. The highest BCUT2D eigenvalue weighted by atomic mass is 19.1. The van der Waals surface area contributed by atoms with E-state index in [9.17, 15) is 4.39 Å². The molecule has 4 heterocycles. The van der Waals surface area contributed by atoms with Crippen LogP contribution in [-0.2, 0) is 6.42 Å². The second-order valence-electron chi connectivity index (χ2n) is 14.2. The Labute approximate surface area is 360 Å². The van der Waals surface area contributed by atoms with Gasteiger partial charge in [0, 0.05) is 34.6 Å². The van der Waals surface area contributed by atoms with E-state index in [4.69, 9.17) is 30.4 Å². The van der Waals surface area contributed by atoms with Crippen LogP contribution in [0.1, 0.15) is 35.6 Å². The molecule has 0 bridgehead atoms. The molecule has 0 radical (unpaired) electrons. The molecular formula is C44H43FN14O4. The number of nitrogens with zero attached hydrogens (tertiary/aromatic N) is 8. The van der Waals surface area contributed by atoms with Gasteiger partial charge in [-0.3, -0.25) is 10.2 Å². The van der Waals surface area contributed by atoms with Crippen LogP contribution in [-0.4, -0.2) is 63.5 Å². The van der Waals surface area contributed by atoms with Gasteiger partial charge >= 0.3 is 12.0 Å². The van der Waals surface area contributed by atoms with Crippen LogP contribution >= 0.6 is 0 Å². The first-order chi connectivity index (χ1) is 30.6. The van der Waals surface area contributed by atoms with Crippen molar-refractivity contribution >= 4 is 34.9 Å². The van der Waals surface area contributed by atoms with Crippen LogP contribution in [0, 0.1) is 26.6 Å². The fourth-order valence-corrected chi connectivity index (χ4v) is 6.38. The Hall–Kier alpha value is -8.35. The molecule has 0 fully saturated rings. The van der Waals surface area contributed by atoms with E-state index in [1.54, 1.807) is 37.3 Å². The summed E-state index contributed by atoms with van der Waals surface area (Å²) in [4.78, 5) is 26.1. The maximum atomic E-state index is 13.9. The summed E-state index contributed by atoms with van der Waals surface area (Å²) in [7, 11) is 0. The number of anilines is 6. The van der Waals surface area contributed by atoms with Crippen molar-refractivity contribution in [2.24, 2.45) is 0 Å². The molecule has 8 aromatic rings. The van der Waals surface area contributed by atoms with Gasteiger partial charge in [0.25, 0.3) is 0 Å². The molecule has 0 aliphatic carbocycles. The first kappa shape index (κ1) is 41.4.